The quantitative estimate of drug-likeness (QED) is 0.120. The number of carbonyl (C=O) groups is 6. The second-order valence-electron chi connectivity index (χ2n) is 9.01. The summed E-state index contributed by atoms with van der Waals surface area (Å²) in [5.41, 5.74) is 1.37. The number of benzene rings is 2. The van der Waals surface area contributed by atoms with Crippen molar-refractivity contribution < 1.29 is 39.0 Å². The highest BCUT2D eigenvalue weighted by Gasteiger charge is 2.26. The zero-order valence-corrected chi connectivity index (χ0v) is 23.1. The molecule has 0 aromatic heterocycles. The number of aliphatic carboxylic acids is 1. The molecular weight excluding hydrogens is 554 g/mol. The highest BCUT2D eigenvalue weighted by molar-refractivity contribution is 7.80. The number of carbonyl (C=O) groups excluding carboxylic acids is 5. The summed E-state index contributed by atoms with van der Waals surface area (Å²) >= 11 is 3.92. The lowest BCUT2D eigenvalue weighted by molar-refractivity contribution is -0.141. The molecule has 5 amide bonds. The van der Waals surface area contributed by atoms with Gasteiger partial charge in [0.05, 0.1) is 13.1 Å². The molecule has 0 unspecified atom stereocenters. The Balaban J connectivity index is 1.92. The fourth-order valence-corrected chi connectivity index (χ4v) is 3.86. The average molecular weight is 588 g/mol. The van der Waals surface area contributed by atoms with Crippen LogP contribution in [0, 0.1) is 0 Å². The number of hydrogen-bond acceptors (Lipinski definition) is 8. The first-order valence-electron chi connectivity index (χ1n) is 12.5. The Bertz CT molecular complexity index is 1230. The maximum absolute atomic E-state index is 12.8. The highest BCUT2D eigenvalue weighted by Crippen LogP contribution is 2.11. The molecule has 0 saturated carbocycles. The molecule has 41 heavy (non-hydrogen) atoms. The molecule has 0 spiro atoms. The summed E-state index contributed by atoms with van der Waals surface area (Å²) in [5, 5.41) is 30.7. The monoisotopic (exact) mass is 587 g/mol. The van der Waals surface area contributed by atoms with Crippen LogP contribution in [0.15, 0.2) is 54.6 Å². The summed E-state index contributed by atoms with van der Waals surface area (Å²) < 4.78 is 0. The van der Waals surface area contributed by atoms with Gasteiger partial charge < -0.3 is 36.8 Å². The van der Waals surface area contributed by atoms with Crippen LogP contribution in [0.1, 0.15) is 18.1 Å². The van der Waals surface area contributed by atoms with Crippen LogP contribution >= 0.6 is 12.6 Å². The summed E-state index contributed by atoms with van der Waals surface area (Å²) in [7, 11) is 0. The number of aromatic hydroxyl groups is 1. The molecule has 0 aliphatic carbocycles. The van der Waals surface area contributed by atoms with Gasteiger partial charge in [-0.2, -0.15) is 12.6 Å². The Kier molecular flexibility index (Phi) is 13.1. The molecule has 0 heterocycles. The first-order valence-corrected chi connectivity index (χ1v) is 13.2. The second-order valence-corrected chi connectivity index (χ2v) is 9.38. The third-order valence-electron chi connectivity index (χ3n) is 5.67. The SMILES string of the molecule is CC(=O)N[C@@H](Cc1ccc(O)cc1)C(=O)NCC(=O)NCC(=O)N[C@@H](Cc1ccccc1)C(=O)N[C@@H](CS)C(=O)O. The van der Waals surface area contributed by atoms with Gasteiger partial charge in [-0.25, -0.2) is 4.79 Å². The number of phenols is 1. The third kappa shape index (κ3) is 12.0. The molecular formula is C27H33N5O8S. The molecule has 0 aliphatic rings. The number of amides is 5. The molecule has 0 fully saturated rings. The minimum absolute atomic E-state index is 0.0455. The van der Waals surface area contributed by atoms with Crippen molar-refractivity contribution in [2.45, 2.75) is 37.9 Å². The molecule has 2 rings (SSSR count). The van der Waals surface area contributed by atoms with Crippen molar-refractivity contribution in [1.82, 2.24) is 26.6 Å². The smallest absolute Gasteiger partial charge is 0.327 e. The lowest BCUT2D eigenvalue weighted by Crippen LogP contribution is -2.54. The zero-order chi connectivity index (χ0) is 30.4. The maximum atomic E-state index is 12.8. The van der Waals surface area contributed by atoms with Crippen molar-refractivity contribution >= 4 is 48.1 Å². The van der Waals surface area contributed by atoms with Gasteiger partial charge in [0.15, 0.2) is 0 Å². The predicted octanol–water partition coefficient (Wildman–Crippen LogP) is -1.10. The molecule has 13 nitrogen and oxygen atoms in total. The van der Waals surface area contributed by atoms with E-state index in [2.05, 4.69) is 39.2 Å². The number of carboxylic acid groups (broad SMARTS) is 1. The van der Waals surface area contributed by atoms with E-state index in [1.54, 1.807) is 42.5 Å². The van der Waals surface area contributed by atoms with Crippen molar-refractivity contribution in [3.8, 4) is 5.75 Å². The van der Waals surface area contributed by atoms with Crippen LogP contribution in [-0.2, 0) is 41.6 Å². The number of nitrogens with one attached hydrogen (secondary N) is 5. The molecule has 220 valence electrons. The molecule has 2 aromatic carbocycles. The molecule has 0 aliphatic heterocycles. The van der Waals surface area contributed by atoms with Crippen LogP contribution in [0.5, 0.6) is 5.75 Å². The summed E-state index contributed by atoms with van der Waals surface area (Å²) in [5.74, 6) is -4.65. The predicted molar refractivity (Wildman–Crippen MR) is 151 cm³/mol. The minimum Gasteiger partial charge on any atom is -0.508 e. The van der Waals surface area contributed by atoms with Crippen LogP contribution in [0.4, 0.5) is 0 Å². The lowest BCUT2D eigenvalue weighted by Gasteiger charge is -2.21. The van der Waals surface area contributed by atoms with E-state index in [4.69, 9.17) is 0 Å². The van der Waals surface area contributed by atoms with E-state index < -0.39 is 66.7 Å². The van der Waals surface area contributed by atoms with Gasteiger partial charge in [0.25, 0.3) is 0 Å². The first kappa shape index (κ1) is 32.6. The van der Waals surface area contributed by atoms with E-state index in [0.29, 0.717) is 11.1 Å². The third-order valence-corrected chi connectivity index (χ3v) is 6.04. The van der Waals surface area contributed by atoms with E-state index in [-0.39, 0.29) is 24.3 Å². The Hall–Kier alpha value is -4.59. The maximum Gasteiger partial charge on any atom is 0.327 e. The Labute approximate surface area is 241 Å². The minimum atomic E-state index is -1.28. The average Bonchev–Trinajstić information content (AvgIpc) is 2.93. The largest absolute Gasteiger partial charge is 0.508 e. The van der Waals surface area contributed by atoms with Crippen LogP contribution in [-0.4, -0.2) is 82.7 Å². The number of rotatable bonds is 15. The van der Waals surface area contributed by atoms with Gasteiger partial charge in [-0.1, -0.05) is 42.5 Å². The van der Waals surface area contributed by atoms with Gasteiger partial charge in [0, 0.05) is 25.5 Å². The van der Waals surface area contributed by atoms with Crippen molar-refractivity contribution in [2.75, 3.05) is 18.8 Å². The van der Waals surface area contributed by atoms with Crippen LogP contribution in [0.3, 0.4) is 0 Å². The summed E-state index contributed by atoms with van der Waals surface area (Å²) in [6.07, 6.45) is 0.170. The number of thiol groups is 1. The fourth-order valence-electron chi connectivity index (χ4n) is 3.62. The van der Waals surface area contributed by atoms with E-state index in [9.17, 15) is 39.0 Å². The van der Waals surface area contributed by atoms with Crippen LogP contribution in [0.2, 0.25) is 0 Å². The molecule has 7 N–H and O–H groups in total. The molecule has 3 atom stereocenters. The number of carboxylic acids is 1. The van der Waals surface area contributed by atoms with E-state index in [0.717, 1.165) is 0 Å². The van der Waals surface area contributed by atoms with Gasteiger partial charge >= 0.3 is 5.97 Å². The number of hydrogen-bond donors (Lipinski definition) is 8. The van der Waals surface area contributed by atoms with Crippen molar-refractivity contribution in [3.05, 3.63) is 65.7 Å². The van der Waals surface area contributed by atoms with Crippen molar-refractivity contribution in [2.24, 2.45) is 0 Å². The summed E-state index contributed by atoms with van der Waals surface area (Å²) in [4.78, 5) is 73.1. The molecule has 0 bridgehead atoms. The number of phenolic OH excluding ortho intramolecular Hbond substituents is 1. The van der Waals surface area contributed by atoms with Crippen LogP contribution < -0.4 is 26.6 Å². The Morgan fingerprint density at radius 1 is 0.707 bits per heavy atom. The second kappa shape index (κ2) is 16.5. The van der Waals surface area contributed by atoms with E-state index >= 15 is 0 Å². The van der Waals surface area contributed by atoms with E-state index in [1.807, 2.05) is 0 Å². The zero-order valence-electron chi connectivity index (χ0n) is 22.3. The summed E-state index contributed by atoms with van der Waals surface area (Å²) in [6, 6.07) is 11.4. The molecule has 0 radical (unpaired) electrons. The Morgan fingerprint density at radius 3 is 1.83 bits per heavy atom. The van der Waals surface area contributed by atoms with E-state index in [1.165, 1.54) is 19.1 Å². The van der Waals surface area contributed by atoms with Gasteiger partial charge in [-0.15, -0.1) is 0 Å². The van der Waals surface area contributed by atoms with Crippen LogP contribution in [0.25, 0.3) is 0 Å². The lowest BCUT2D eigenvalue weighted by atomic mass is 10.0. The highest BCUT2D eigenvalue weighted by atomic mass is 32.1. The van der Waals surface area contributed by atoms with Gasteiger partial charge in [-0.05, 0) is 23.3 Å². The molecule has 2 aromatic rings. The standard InChI is InChI=1S/C27H33N5O8S/c1-16(33)30-20(12-18-7-9-19(34)10-8-18)25(37)29-13-23(35)28-14-24(36)31-21(11-17-5-3-2-4-6-17)26(38)32-22(15-41)27(39)40/h2-10,20-22,34,41H,11-15H2,1H3,(H,28,35)(H,29,37)(H,30,33)(H,31,36)(H,32,38)(H,39,40)/t20-,21-,22-/m0/s1. The van der Waals surface area contributed by atoms with Crippen molar-refractivity contribution in [1.29, 1.82) is 0 Å². The summed E-state index contributed by atoms with van der Waals surface area (Å²) in [6.45, 7) is 0.229. The molecule has 14 heteroatoms. The molecule has 0 saturated heterocycles. The Morgan fingerprint density at radius 2 is 1.27 bits per heavy atom. The topological polar surface area (TPSA) is 203 Å². The van der Waals surface area contributed by atoms with Gasteiger partial charge in [0.2, 0.25) is 29.5 Å². The van der Waals surface area contributed by atoms with Gasteiger partial charge in [0.1, 0.15) is 23.9 Å². The van der Waals surface area contributed by atoms with Crippen molar-refractivity contribution in [3.63, 3.8) is 0 Å². The fraction of sp³-hybridized carbons (Fsp3) is 0.333. The first-order chi connectivity index (χ1) is 19.5. The normalized spacial score (nSPS) is 12.6. The van der Waals surface area contributed by atoms with Gasteiger partial charge in [-0.3, -0.25) is 24.0 Å².